The first-order valence-corrected chi connectivity index (χ1v) is 10.4. The summed E-state index contributed by atoms with van der Waals surface area (Å²) >= 11 is 0. The van der Waals surface area contributed by atoms with Crippen molar-refractivity contribution in [1.29, 1.82) is 0 Å². The Bertz CT molecular complexity index is 788. The molecule has 0 atom stereocenters. The third-order valence-corrected chi connectivity index (χ3v) is 5.86. The standard InChI is InChI=1S/C22H31N5O/c1-25-12-9-20(10-13-25)23-22(28)27(16-21-11-14-26(2)24-21)15-17-3-5-18(6-4-17)19-7-8-19/h3-6,11,14,19-20H,7-10,12-13,15-16H2,1-2H3,(H,23,28). The van der Waals surface area contributed by atoms with E-state index in [-0.39, 0.29) is 12.1 Å². The Hall–Kier alpha value is -2.34. The van der Waals surface area contributed by atoms with E-state index in [2.05, 4.69) is 46.6 Å². The highest BCUT2D eigenvalue weighted by Gasteiger charge is 2.24. The molecule has 4 rings (SSSR count). The average molecular weight is 382 g/mol. The maximum atomic E-state index is 13.1. The molecule has 0 bridgehead atoms. The number of hydrogen-bond acceptors (Lipinski definition) is 3. The first kappa shape index (κ1) is 19.0. The van der Waals surface area contributed by atoms with Crippen molar-refractivity contribution < 1.29 is 4.79 Å². The number of carbonyl (C=O) groups is 1. The summed E-state index contributed by atoms with van der Waals surface area (Å²) in [4.78, 5) is 17.3. The minimum atomic E-state index is 0.00600. The van der Waals surface area contributed by atoms with Crippen LogP contribution in [0.1, 0.15) is 48.4 Å². The number of nitrogens with zero attached hydrogens (tertiary/aromatic N) is 4. The van der Waals surface area contributed by atoms with E-state index in [4.69, 9.17) is 0 Å². The molecule has 1 saturated heterocycles. The highest BCUT2D eigenvalue weighted by molar-refractivity contribution is 5.74. The summed E-state index contributed by atoms with van der Waals surface area (Å²) < 4.78 is 1.78. The molecule has 1 aromatic heterocycles. The second kappa shape index (κ2) is 8.35. The van der Waals surface area contributed by atoms with Gasteiger partial charge < -0.3 is 15.1 Å². The van der Waals surface area contributed by atoms with Crippen LogP contribution in [0.15, 0.2) is 36.5 Å². The van der Waals surface area contributed by atoms with Gasteiger partial charge in [0, 0.05) is 25.8 Å². The number of benzene rings is 1. The van der Waals surface area contributed by atoms with Crippen LogP contribution in [-0.4, -0.2) is 51.8 Å². The van der Waals surface area contributed by atoms with E-state index in [0.717, 1.165) is 37.5 Å². The van der Waals surface area contributed by atoms with Crippen LogP contribution in [0.2, 0.25) is 0 Å². The highest BCUT2D eigenvalue weighted by Crippen LogP contribution is 2.39. The van der Waals surface area contributed by atoms with Crippen LogP contribution in [-0.2, 0) is 20.1 Å². The molecular formula is C22H31N5O. The fraction of sp³-hybridized carbons (Fsp3) is 0.545. The SMILES string of the molecule is CN1CCC(NC(=O)N(Cc2ccc(C3CC3)cc2)Cc2ccn(C)n2)CC1. The summed E-state index contributed by atoms with van der Waals surface area (Å²) in [5.41, 5.74) is 3.50. The van der Waals surface area contributed by atoms with Crippen LogP contribution in [0.4, 0.5) is 4.79 Å². The first-order valence-electron chi connectivity index (χ1n) is 10.4. The van der Waals surface area contributed by atoms with Crippen molar-refractivity contribution in [3.05, 3.63) is 53.3 Å². The predicted octanol–water partition coefficient (Wildman–Crippen LogP) is 3.10. The van der Waals surface area contributed by atoms with E-state index in [0.29, 0.717) is 13.1 Å². The molecule has 1 aliphatic carbocycles. The van der Waals surface area contributed by atoms with Crippen molar-refractivity contribution in [2.24, 2.45) is 7.05 Å². The monoisotopic (exact) mass is 381 g/mol. The van der Waals surface area contributed by atoms with Gasteiger partial charge in [-0.3, -0.25) is 4.68 Å². The topological polar surface area (TPSA) is 53.4 Å². The second-order valence-electron chi connectivity index (χ2n) is 8.38. The molecule has 150 valence electrons. The zero-order valence-corrected chi connectivity index (χ0v) is 17.0. The minimum absolute atomic E-state index is 0.00600. The molecule has 1 N–H and O–H groups in total. The van der Waals surface area contributed by atoms with Gasteiger partial charge in [-0.1, -0.05) is 24.3 Å². The molecule has 0 unspecified atom stereocenters. The van der Waals surface area contributed by atoms with Crippen molar-refractivity contribution in [1.82, 2.24) is 24.9 Å². The van der Waals surface area contributed by atoms with E-state index >= 15 is 0 Å². The van der Waals surface area contributed by atoms with Crippen molar-refractivity contribution in [3.8, 4) is 0 Å². The van der Waals surface area contributed by atoms with E-state index in [9.17, 15) is 4.79 Å². The Morgan fingerprint density at radius 3 is 2.39 bits per heavy atom. The summed E-state index contributed by atoms with van der Waals surface area (Å²) in [6, 6.07) is 11.0. The first-order chi connectivity index (χ1) is 13.6. The molecular weight excluding hydrogens is 350 g/mol. The summed E-state index contributed by atoms with van der Waals surface area (Å²) in [5, 5.41) is 7.72. The molecule has 6 heteroatoms. The quantitative estimate of drug-likeness (QED) is 0.837. The molecule has 6 nitrogen and oxygen atoms in total. The van der Waals surface area contributed by atoms with E-state index in [1.54, 1.807) is 4.68 Å². The van der Waals surface area contributed by atoms with Crippen LogP contribution < -0.4 is 5.32 Å². The number of aryl methyl sites for hydroxylation is 1. The molecule has 28 heavy (non-hydrogen) atoms. The molecule has 2 amide bonds. The van der Waals surface area contributed by atoms with Crippen molar-refractivity contribution in [2.45, 2.75) is 50.7 Å². The fourth-order valence-corrected chi connectivity index (χ4v) is 3.89. The Morgan fingerprint density at radius 2 is 1.79 bits per heavy atom. The Morgan fingerprint density at radius 1 is 1.07 bits per heavy atom. The van der Waals surface area contributed by atoms with Gasteiger partial charge in [-0.25, -0.2) is 4.79 Å². The second-order valence-corrected chi connectivity index (χ2v) is 8.38. The number of urea groups is 1. The van der Waals surface area contributed by atoms with Crippen LogP contribution in [0, 0.1) is 0 Å². The van der Waals surface area contributed by atoms with Crippen LogP contribution in [0.3, 0.4) is 0 Å². The van der Waals surface area contributed by atoms with Gasteiger partial charge in [0.25, 0.3) is 0 Å². The van der Waals surface area contributed by atoms with Gasteiger partial charge in [-0.15, -0.1) is 0 Å². The molecule has 0 radical (unpaired) electrons. The maximum Gasteiger partial charge on any atom is 0.318 e. The number of carbonyl (C=O) groups excluding carboxylic acids is 1. The third kappa shape index (κ3) is 4.93. The number of aromatic nitrogens is 2. The lowest BCUT2D eigenvalue weighted by atomic mass is 10.1. The largest absolute Gasteiger partial charge is 0.335 e. The number of rotatable bonds is 6. The number of likely N-dealkylation sites (tertiary alicyclic amines) is 1. The Kier molecular flexibility index (Phi) is 5.67. The van der Waals surface area contributed by atoms with Crippen molar-refractivity contribution >= 4 is 6.03 Å². The maximum absolute atomic E-state index is 13.1. The van der Waals surface area contributed by atoms with E-state index < -0.39 is 0 Å². The lowest BCUT2D eigenvalue weighted by Gasteiger charge is -2.31. The number of amides is 2. The van der Waals surface area contributed by atoms with Crippen LogP contribution in [0.5, 0.6) is 0 Å². The third-order valence-electron chi connectivity index (χ3n) is 5.86. The van der Waals surface area contributed by atoms with Gasteiger partial charge in [-0.2, -0.15) is 5.10 Å². The van der Waals surface area contributed by atoms with E-state index in [1.807, 2.05) is 24.2 Å². The van der Waals surface area contributed by atoms with Gasteiger partial charge in [0.05, 0.1) is 12.2 Å². The fourth-order valence-electron chi connectivity index (χ4n) is 3.89. The molecule has 2 fully saturated rings. The molecule has 2 heterocycles. The zero-order chi connectivity index (χ0) is 19.5. The summed E-state index contributed by atoms with van der Waals surface area (Å²) in [6.45, 7) is 3.19. The summed E-state index contributed by atoms with van der Waals surface area (Å²) in [6.07, 6.45) is 6.56. The van der Waals surface area contributed by atoms with Gasteiger partial charge in [0.1, 0.15) is 0 Å². The Balaban J connectivity index is 1.43. The van der Waals surface area contributed by atoms with Crippen LogP contribution in [0.25, 0.3) is 0 Å². The van der Waals surface area contributed by atoms with Gasteiger partial charge >= 0.3 is 6.03 Å². The van der Waals surface area contributed by atoms with Gasteiger partial charge in [0.15, 0.2) is 0 Å². The normalized spacial score (nSPS) is 18.2. The molecule has 2 aliphatic rings. The lowest BCUT2D eigenvalue weighted by molar-refractivity contribution is 0.175. The zero-order valence-electron chi connectivity index (χ0n) is 17.0. The summed E-state index contributed by atoms with van der Waals surface area (Å²) in [7, 11) is 4.04. The molecule has 0 spiro atoms. The van der Waals surface area contributed by atoms with Crippen molar-refractivity contribution in [2.75, 3.05) is 20.1 Å². The van der Waals surface area contributed by atoms with Crippen LogP contribution >= 0.6 is 0 Å². The average Bonchev–Trinajstić information content (AvgIpc) is 3.46. The molecule has 1 saturated carbocycles. The smallest absolute Gasteiger partial charge is 0.318 e. The number of piperidine rings is 1. The Labute approximate surface area is 167 Å². The lowest BCUT2D eigenvalue weighted by Crippen LogP contribution is -2.48. The van der Waals surface area contributed by atoms with Gasteiger partial charge in [-0.05, 0) is 68.9 Å². The number of nitrogens with one attached hydrogen (secondary N) is 1. The van der Waals surface area contributed by atoms with Gasteiger partial charge in [0.2, 0.25) is 0 Å². The predicted molar refractivity (Wildman–Crippen MR) is 110 cm³/mol. The highest BCUT2D eigenvalue weighted by atomic mass is 16.2. The minimum Gasteiger partial charge on any atom is -0.335 e. The molecule has 1 aliphatic heterocycles. The molecule has 1 aromatic carbocycles. The van der Waals surface area contributed by atoms with E-state index in [1.165, 1.54) is 24.0 Å². The summed E-state index contributed by atoms with van der Waals surface area (Å²) in [5.74, 6) is 0.756. The number of hydrogen-bond donors (Lipinski definition) is 1. The molecule has 2 aromatic rings. The van der Waals surface area contributed by atoms with Crippen molar-refractivity contribution in [3.63, 3.8) is 0 Å².